The molecule has 10 heteroatoms. The fourth-order valence-corrected chi connectivity index (χ4v) is 8.20. The number of morpholine rings is 1. The number of fused-ring (bicyclic) bond motifs is 2. The quantitative estimate of drug-likeness (QED) is 0.399. The number of nitrogens with one attached hydrogen (secondary N) is 1. The predicted molar refractivity (Wildman–Crippen MR) is 158 cm³/mol. The van der Waals surface area contributed by atoms with Crippen LogP contribution in [0.25, 0.3) is 0 Å². The van der Waals surface area contributed by atoms with E-state index in [9.17, 15) is 13.2 Å². The number of carbonyl (C=O) groups excluding carboxylic acids is 1. The number of ether oxygens (including phenoxy) is 1. The van der Waals surface area contributed by atoms with Crippen LogP contribution in [0.3, 0.4) is 0 Å². The molecule has 1 fully saturated rings. The number of aromatic nitrogens is 1. The Kier molecular flexibility index (Phi) is 8.51. The normalized spacial score (nSPS) is 21.7. The highest BCUT2D eigenvalue weighted by atomic mass is 35.5. The molecule has 41 heavy (non-hydrogen) atoms. The van der Waals surface area contributed by atoms with Crippen molar-refractivity contribution in [2.24, 2.45) is 0 Å². The van der Waals surface area contributed by atoms with E-state index in [0.717, 1.165) is 63.4 Å². The van der Waals surface area contributed by atoms with Crippen LogP contribution < -0.4 is 5.32 Å². The van der Waals surface area contributed by atoms with Gasteiger partial charge in [-0.25, -0.2) is 8.42 Å². The van der Waals surface area contributed by atoms with Crippen molar-refractivity contribution in [3.8, 4) is 0 Å². The molecule has 1 N–H and O–H groups in total. The average molecular weight is 597 g/mol. The summed E-state index contributed by atoms with van der Waals surface area (Å²) in [5.41, 5.74) is 5.55. The second-order valence-electron chi connectivity index (χ2n) is 11.2. The van der Waals surface area contributed by atoms with Gasteiger partial charge in [-0.3, -0.25) is 9.69 Å². The Morgan fingerprint density at radius 1 is 0.976 bits per heavy atom. The van der Waals surface area contributed by atoms with E-state index in [1.807, 2.05) is 29.0 Å². The van der Waals surface area contributed by atoms with Crippen molar-refractivity contribution in [3.05, 3.63) is 88.7 Å². The van der Waals surface area contributed by atoms with Gasteiger partial charge in [-0.15, -0.1) is 11.6 Å². The molecule has 1 aromatic heterocycles. The number of nitrogens with zero attached hydrogens (tertiary/aromatic N) is 3. The van der Waals surface area contributed by atoms with Gasteiger partial charge in [0.2, 0.25) is 15.9 Å². The molecular weight excluding hydrogens is 560 g/mol. The molecule has 3 heterocycles. The number of hydrogen-bond donors (Lipinski definition) is 1. The average Bonchev–Trinajstić information content (AvgIpc) is 3.47. The van der Waals surface area contributed by atoms with Gasteiger partial charge >= 0.3 is 0 Å². The maximum absolute atomic E-state index is 13.8. The Labute approximate surface area is 247 Å². The van der Waals surface area contributed by atoms with E-state index in [1.165, 1.54) is 21.0 Å². The standard InChI is InChI=1S/C31H37ClN4O4S/c32-21-23-3-1-4-28(18-23)41(38,39)36-12-11-35-10-2-5-29(35)30(36)20-31(37)33-27-9-8-25-17-24(6-7-26(25)19-27)22-34-13-15-40-16-14-34/h1-7,10,17-18,27,30H,8-9,11-16,19-22H2,(H,33,37). The van der Waals surface area contributed by atoms with Gasteiger partial charge in [0.15, 0.2) is 0 Å². The Hall–Kier alpha value is -2.69. The summed E-state index contributed by atoms with van der Waals surface area (Å²) < 4.78 is 36.6. The summed E-state index contributed by atoms with van der Waals surface area (Å²) in [6.45, 7) is 5.31. The third kappa shape index (κ3) is 6.24. The third-order valence-corrected chi connectivity index (χ3v) is 10.7. The van der Waals surface area contributed by atoms with Gasteiger partial charge in [0.1, 0.15) is 0 Å². The highest BCUT2D eigenvalue weighted by Crippen LogP contribution is 2.34. The van der Waals surface area contributed by atoms with Crippen molar-refractivity contribution in [2.75, 3.05) is 32.8 Å². The van der Waals surface area contributed by atoms with Gasteiger partial charge in [0.25, 0.3) is 0 Å². The van der Waals surface area contributed by atoms with Crippen molar-refractivity contribution in [3.63, 3.8) is 0 Å². The van der Waals surface area contributed by atoms with E-state index < -0.39 is 16.1 Å². The first-order valence-corrected chi connectivity index (χ1v) is 16.4. The minimum atomic E-state index is -3.83. The van der Waals surface area contributed by atoms with Crippen molar-refractivity contribution in [1.29, 1.82) is 0 Å². The summed E-state index contributed by atoms with van der Waals surface area (Å²) in [5, 5.41) is 3.23. The third-order valence-electron chi connectivity index (χ3n) is 8.53. The Bertz CT molecular complexity index is 1500. The molecule has 2 aliphatic heterocycles. The zero-order valence-electron chi connectivity index (χ0n) is 23.2. The summed E-state index contributed by atoms with van der Waals surface area (Å²) in [4.78, 5) is 16.1. The lowest BCUT2D eigenvalue weighted by Crippen LogP contribution is -2.45. The molecule has 0 radical (unpaired) electrons. The first-order valence-electron chi connectivity index (χ1n) is 14.4. The van der Waals surface area contributed by atoms with E-state index in [1.54, 1.807) is 18.2 Å². The minimum Gasteiger partial charge on any atom is -0.379 e. The molecule has 2 unspecified atom stereocenters. The molecule has 0 saturated carbocycles. The number of rotatable bonds is 8. The van der Waals surface area contributed by atoms with Gasteiger partial charge in [0, 0.05) is 63.0 Å². The Morgan fingerprint density at radius 2 is 1.83 bits per heavy atom. The van der Waals surface area contributed by atoms with Crippen LogP contribution in [0.15, 0.2) is 65.7 Å². The van der Waals surface area contributed by atoms with Crippen LogP contribution in [0.1, 0.15) is 46.8 Å². The van der Waals surface area contributed by atoms with Crippen molar-refractivity contribution in [2.45, 2.75) is 61.6 Å². The molecule has 0 spiro atoms. The molecule has 8 nitrogen and oxygen atoms in total. The minimum absolute atomic E-state index is 0.0286. The SMILES string of the molecule is O=C(CC1c2cccn2CCN1S(=O)(=O)c1cccc(CCl)c1)NC1CCc2cc(CN3CCOCC3)ccc2C1. The Morgan fingerprint density at radius 3 is 2.66 bits per heavy atom. The number of aryl methyl sites for hydroxylation is 1. The van der Waals surface area contributed by atoms with Gasteiger partial charge in [-0.05, 0) is 65.8 Å². The van der Waals surface area contributed by atoms with Gasteiger partial charge in [0.05, 0.1) is 24.2 Å². The summed E-state index contributed by atoms with van der Waals surface area (Å²) >= 11 is 5.99. The van der Waals surface area contributed by atoms with E-state index in [0.29, 0.717) is 13.1 Å². The highest BCUT2D eigenvalue weighted by molar-refractivity contribution is 7.89. The lowest BCUT2D eigenvalue weighted by Gasteiger charge is -2.36. The number of sulfonamides is 1. The summed E-state index contributed by atoms with van der Waals surface area (Å²) in [6.07, 6.45) is 4.59. The maximum atomic E-state index is 13.8. The van der Waals surface area contributed by atoms with E-state index in [2.05, 4.69) is 28.4 Å². The number of halogens is 1. The summed E-state index contributed by atoms with van der Waals surface area (Å²) in [7, 11) is -3.83. The molecule has 218 valence electrons. The molecule has 2 aromatic carbocycles. The molecule has 6 rings (SSSR count). The van der Waals surface area contributed by atoms with Gasteiger partial charge in [-0.2, -0.15) is 4.31 Å². The Balaban J connectivity index is 1.14. The van der Waals surface area contributed by atoms with Crippen LogP contribution in [0.2, 0.25) is 0 Å². The summed E-state index contributed by atoms with van der Waals surface area (Å²) in [6, 6.07) is 16.8. The highest BCUT2D eigenvalue weighted by Gasteiger charge is 2.38. The van der Waals surface area contributed by atoms with Crippen molar-refractivity contribution < 1.29 is 17.9 Å². The number of benzene rings is 2. The lowest BCUT2D eigenvalue weighted by molar-refractivity contribution is -0.123. The zero-order valence-corrected chi connectivity index (χ0v) is 24.7. The largest absolute Gasteiger partial charge is 0.379 e. The van der Waals surface area contributed by atoms with Crippen molar-refractivity contribution in [1.82, 2.24) is 19.1 Å². The van der Waals surface area contributed by atoms with Crippen molar-refractivity contribution >= 4 is 27.5 Å². The molecule has 1 amide bonds. The molecule has 1 aliphatic carbocycles. The van der Waals surface area contributed by atoms with Gasteiger partial charge in [-0.1, -0.05) is 30.3 Å². The maximum Gasteiger partial charge on any atom is 0.243 e. The van der Waals surface area contributed by atoms with E-state index in [4.69, 9.17) is 16.3 Å². The van der Waals surface area contributed by atoms with Crippen LogP contribution in [0.5, 0.6) is 0 Å². The molecule has 0 bridgehead atoms. The summed E-state index contributed by atoms with van der Waals surface area (Å²) in [5.74, 6) is 0.106. The van der Waals surface area contributed by atoms with Crippen LogP contribution in [-0.2, 0) is 51.4 Å². The number of amides is 1. The second-order valence-corrected chi connectivity index (χ2v) is 13.4. The monoisotopic (exact) mass is 596 g/mol. The zero-order chi connectivity index (χ0) is 28.4. The molecule has 3 aromatic rings. The fraction of sp³-hybridized carbons (Fsp3) is 0.452. The molecular formula is C31H37ClN4O4S. The number of carbonyl (C=O) groups is 1. The topological polar surface area (TPSA) is 83.9 Å². The van der Waals surface area contributed by atoms with Crippen LogP contribution in [0, 0.1) is 0 Å². The van der Waals surface area contributed by atoms with Crippen LogP contribution >= 0.6 is 11.6 Å². The van der Waals surface area contributed by atoms with E-state index in [-0.39, 0.29) is 29.1 Å². The predicted octanol–water partition coefficient (Wildman–Crippen LogP) is 3.87. The van der Waals surface area contributed by atoms with E-state index >= 15 is 0 Å². The number of alkyl halides is 1. The first-order chi connectivity index (χ1) is 19.9. The second kappa shape index (κ2) is 12.3. The lowest BCUT2D eigenvalue weighted by atomic mass is 9.87. The van der Waals surface area contributed by atoms with Gasteiger partial charge < -0.3 is 14.6 Å². The first kappa shape index (κ1) is 28.4. The molecule has 1 saturated heterocycles. The smallest absolute Gasteiger partial charge is 0.243 e. The van der Waals surface area contributed by atoms with Crippen LogP contribution in [0.4, 0.5) is 0 Å². The fourth-order valence-electron chi connectivity index (χ4n) is 6.37. The number of hydrogen-bond acceptors (Lipinski definition) is 5. The molecule has 2 atom stereocenters. The molecule has 3 aliphatic rings. The van der Waals surface area contributed by atoms with Crippen LogP contribution in [-0.4, -0.2) is 67.0 Å².